The van der Waals surface area contributed by atoms with Gasteiger partial charge in [0.15, 0.2) is 18.9 Å². The van der Waals surface area contributed by atoms with Crippen LogP contribution >= 0.6 is 0 Å². The summed E-state index contributed by atoms with van der Waals surface area (Å²) in [5.74, 6) is -0.338. The smallest absolute Gasteiger partial charge is 0.220 e. The molecule has 0 bridgehead atoms. The van der Waals surface area contributed by atoms with Gasteiger partial charge in [-0.3, -0.25) is 4.79 Å². The Morgan fingerprint density at radius 1 is 0.507 bits per heavy atom. The van der Waals surface area contributed by atoms with Gasteiger partial charge in [-0.2, -0.15) is 0 Å². The second kappa shape index (κ2) is 37.9. The van der Waals surface area contributed by atoms with Crippen LogP contribution in [0.15, 0.2) is 72.9 Å². The minimum absolute atomic E-state index is 0.161. The molecule has 0 aromatic rings. The molecule has 1 amide bonds. The first-order valence-electron chi connectivity index (χ1n) is 26.7. The molecule has 3 fully saturated rings. The largest absolute Gasteiger partial charge is 0.394 e. The maximum absolute atomic E-state index is 13.2. The molecular formula is C54H91NO18. The topological polar surface area (TPSA) is 307 Å². The molecule has 19 heteroatoms. The fourth-order valence-electron chi connectivity index (χ4n) is 8.58. The van der Waals surface area contributed by atoms with Crippen LogP contribution in [0.2, 0.25) is 0 Å². The van der Waals surface area contributed by atoms with E-state index in [1.165, 1.54) is 38.5 Å². The molecule has 3 aliphatic rings. The molecule has 0 spiro atoms. The van der Waals surface area contributed by atoms with Crippen LogP contribution in [-0.2, 0) is 33.2 Å². The minimum atomic E-state index is -1.98. The average Bonchev–Trinajstić information content (AvgIpc) is 3.39. The second-order valence-corrected chi connectivity index (χ2v) is 19.0. The van der Waals surface area contributed by atoms with E-state index in [0.717, 1.165) is 57.8 Å². The minimum Gasteiger partial charge on any atom is -0.394 e. The molecule has 73 heavy (non-hydrogen) atoms. The summed E-state index contributed by atoms with van der Waals surface area (Å²) in [7, 11) is 0. The van der Waals surface area contributed by atoms with Crippen molar-refractivity contribution in [2.75, 3.05) is 26.4 Å². The fourth-order valence-corrected chi connectivity index (χ4v) is 8.58. The molecule has 0 radical (unpaired) electrons. The van der Waals surface area contributed by atoms with Crippen molar-refractivity contribution in [1.29, 1.82) is 0 Å². The van der Waals surface area contributed by atoms with E-state index in [1.807, 2.05) is 18.2 Å². The zero-order chi connectivity index (χ0) is 53.4. The third kappa shape index (κ3) is 23.2. The first kappa shape index (κ1) is 64.5. The van der Waals surface area contributed by atoms with Crippen molar-refractivity contribution in [3.05, 3.63) is 72.9 Å². The molecule has 0 saturated carbocycles. The van der Waals surface area contributed by atoms with Crippen LogP contribution in [0.25, 0.3) is 0 Å². The van der Waals surface area contributed by atoms with Gasteiger partial charge >= 0.3 is 0 Å². The van der Waals surface area contributed by atoms with E-state index in [4.69, 9.17) is 28.4 Å². The normalized spacial score (nSPS) is 32.3. The van der Waals surface area contributed by atoms with Crippen LogP contribution < -0.4 is 5.32 Å². The van der Waals surface area contributed by atoms with Crippen molar-refractivity contribution >= 4 is 5.91 Å². The zero-order valence-electron chi connectivity index (χ0n) is 43.1. The lowest BCUT2D eigenvalue weighted by atomic mass is 9.96. The number of unbranched alkanes of at least 4 members (excludes halogenated alkanes) is 10. The number of carbonyl (C=O) groups is 1. The summed E-state index contributed by atoms with van der Waals surface area (Å²) in [6, 6.07) is -1.00. The third-order valence-electron chi connectivity index (χ3n) is 13.0. The standard InChI is InChI=1S/C54H91NO18/c1-3-5-7-9-11-13-15-16-17-18-19-20-22-24-26-28-30-32-42(60)55-37(38(59)31-29-27-25-23-21-14-12-10-8-6-4-2)36-68-52-48(66)45(63)50(40(34-57)70-52)73-54-49(67)46(64)51(41(35-58)71-54)72-53-47(65)44(62)43(61)39(33-56)69-53/h5,7,11,13,16-17,19-20,24,26,29,31,37-41,43-54,56-59,61-67H,3-4,6,8-10,12,14-15,18,21-23,25,27-28,30,32-36H2,1-2H3,(H,55,60)/b7-5-,13-11-,17-16-,20-19-,26-24-,31-29+. The first-order chi connectivity index (χ1) is 35.3. The molecule has 17 atom stereocenters. The van der Waals surface area contributed by atoms with Gasteiger partial charge in [-0.25, -0.2) is 0 Å². The Morgan fingerprint density at radius 3 is 1.47 bits per heavy atom. The average molecular weight is 1040 g/mol. The van der Waals surface area contributed by atoms with Gasteiger partial charge in [0, 0.05) is 6.42 Å². The van der Waals surface area contributed by atoms with Gasteiger partial charge in [0.05, 0.1) is 38.6 Å². The van der Waals surface area contributed by atoms with Crippen molar-refractivity contribution in [2.45, 2.75) is 234 Å². The molecule has 12 N–H and O–H groups in total. The van der Waals surface area contributed by atoms with E-state index < -0.39 is 124 Å². The number of hydrogen-bond donors (Lipinski definition) is 12. The van der Waals surface area contributed by atoms with Crippen LogP contribution in [0.1, 0.15) is 129 Å². The number of aliphatic hydroxyl groups excluding tert-OH is 11. The summed E-state index contributed by atoms with van der Waals surface area (Å²) in [6.45, 7) is 1.50. The van der Waals surface area contributed by atoms with E-state index in [1.54, 1.807) is 6.08 Å². The third-order valence-corrected chi connectivity index (χ3v) is 13.0. The van der Waals surface area contributed by atoms with Gasteiger partial charge in [-0.05, 0) is 57.8 Å². The number of ether oxygens (including phenoxy) is 6. The van der Waals surface area contributed by atoms with Crippen LogP contribution in [-0.4, -0.2) is 193 Å². The van der Waals surface area contributed by atoms with Crippen LogP contribution in [0.5, 0.6) is 0 Å². The molecule has 19 nitrogen and oxygen atoms in total. The molecule has 3 heterocycles. The van der Waals surface area contributed by atoms with E-state index in [2.05, 4.69) is 67.8 Å². The Balaban J connectivity index is 1.57. The molecule has 420 valence electrons. The summed E-state index contributed by atoms with van der Waals surface area (Å²) in [5, 5.41) is 120. The molecule has 0 aromatic heterocycles. The zero-order valence-corrected chi connectivity index (χ0v) is 43.1. The fraction of sp³-hybridized carbons (Fsp3) is 0.759. The number of nitrogens with one attached hydrogen (secondary N) is 1. The maximum atomic E-state index is 13.2. The Kier molecular flexibility index (Phi) is 33.5. The summed E-state index contributed by atoms with van der Waals surface area (Å²) >= 11 is 0. The van der Waals surface area contributed by atoms with Gasteiger partial charge in [0.1, 0.15) is 73.2 Å². The van der Waals surface area contributed by atoms with Gasteiger partial charge < -0.3 is 89.9 Å². The molecular weight excluding hydrogens is 951 g/mol. The van der Waals surface area contributed by atoms with Crippen LogP contribution in [0.4, 0.5) is 0 Å². The lowest BCUT2D eigenvalue weighted by Gasteiger charge is -2.48. The Hall–Kier alpha value is -2.77. The van der Waals surface area contributed by atoms with Gasteiger partial charge in [0.25, 0.3) is 0 Å². The van der Waals surface area contributed by atoms with Gasteiger partial charge in [-0.15, -0.1) is 0 Å². The van der Waals surface area contributed by atoms with E-state index in [-0.39, 0.29) is 18.9 Å². The summed E-state index contributed by atoms with van der Waals surface area (Å²) in [5.41, 5.74) is 0. The van der Waals surface area contributed by atoms with Crippen LogP contribution in [0.3, 0.4) is 0 Å². The highest BCUT2D eigenvalue weighted by Crippen LogP contribution is 2.33. The molecule has 0 aliphatic carbocycles. The van der Waals surface area contributed by atoms with Crippen molar-refractivity contribution in [3.63, 3.8) is 0 Å². The number of allylic oxidation sites excluding steroid dienone is 11. The van der Waals surface area contributed by atoms with Gasteiger partial charge in [0.2, 0.25) is 5.91 Å². The molecule has 3 rings (SSSR count). The highest BCUT2D eigenvalue weighted by Gasteiger charge is 2.53. The van der Waals surface area contributed by atoms with E-state index >= 15 is 0 Å². The molecule has 3 saturated heterocycles. The predicted molar refractivity (Wildman–Crippen MR) is 272 cm³/mol. The Morgan fingerprint density at radius 2 is 0.945 bits per heavy atom. The quantitative estimate of drug-likeness (QED) is 0.0317. The Labute approximate surface area is 432 Å². The summed E-state index contributed by atoms with van der Waals surface area (Å²) in [6.07, 6.45) is 14.8. The van der Waals surface area contributed by atoms with Crippen molar-refractivity contribution < 1.29 is 89.4 Å². The van der Waals surface area contributed by atoms with Crippen molar-refractivity contribution in [3.8, 4) is 0 Å². The SMILES string of the molecule is CC/C=C\C/C=C\C/C=C\C/C=C\C/C=C\CCCC(=O)NC(COC1OC(CO)C(OC2OC(CO)C(OC3OC(CO)C(O)C(O)C3O)C(O)C2O)C(O)C1O)C(O)/C=C/CCCCCCCCCCC. The first-order valence-corrected chi connectivity index (χ1v) is 26.7. The molecule has 3 aliphatic heterocycles. The highest BCUT2D eigenvalue weighted by atomic mass is 16.8. The van der Waals surface area contributed by atoms with E-state index in [9.17, 15) is 61.0 Å². The summed E-state index contributed by atoms with van der Waals surface area (Å²) in [4.78, 5) is 13.2. The van der Waals surface area contributed by atoms with Crippen LogP contribution in [0, 0.1) is 0 Å². The van der Waals surface area contributed by atoms with E-state index in [0.29, 0.717) is 12.8 Å². The highest BCUT2D eigenvalue weighted by molar-refractivity contribution is 5.76. The molecule has 17 unspecified atom stereocenters. The number of amides is 1. The Bertz CT molecular complexity index is 1620. The van der Waals surface area contributed by atoms with Crippen molar-refractivity contribution in [1.82, 2.24) is 5.32 Å². The number of aliphatic hydroxyl groups is 11. The number of carbonyl (C=O) groups excluding carboxylic acids is 1. The number of hydrogen-bond acceptors (Lipinski definition) is 18. The summed E-state index contributed by atoms with van der Waals surface area (Å²) < 4.78 is 34.1. The van der Waals surface area contributed by atoms with Gasteiger partial charge in [-0.1, -0.05) is 138 Å². The second-order valence-electron chi connectivity index (χ2n) is 19.0. The monoisotopic (exact) mass is 1040 g/mol. The lowest BCUT2D eigenvalue weighted by molar-refractivity contribution is -0.379. The lowest BCUT2D eigenvalue weighted by Crippen LogP contribution is -2.66. The molecule has 0 aromatic carbocycles. The van der Waals surface area contributed by atoms with Crippen molar-refractivity contribution in [2.24, 2.45) is 0 Å². The number of rotatable bonds is 36. The maximum Gasteiger partial charge on any atom is 0.220 e. The predicted octanol–water partition coefficient (Wildman–Crippen LogP) is 2.70.